The first-order chi connectivity index (χ1) is 8.45. The maximum atomic E-state index is 11.2. The van der Waals surface area contributed by atoms with Crippen molar-refractivity contribution < 1.29 is 4.79 Å². The van der Waals surface area contributed by atoms with Crippen LogP contribution >= 0.6 is 0 Å². The molecule has 0 fully saturated rings. The molecule has 0 aliphatic rings. The second kappa shape index (κ2) is 6.58. The van der Waals surface area contributed by atoms with Crippen molar-refractivity contribution in [2.75, 3.05) is 0 Å². The molecule has 0 saturated carbocycles. The number of hydrogen-bond acceptors (Lipinski definition) is 1. The van der Waals surface area contributed by atoms with E-state index >= 15 is 0 Å². The number of hydrogen-bond donors (Lipinski definition) is 1. The first-order valence-corrected chi connectivity index (χ1v) is 6.82. The van der Waals surface area contributed by atoms with Crippen molar-refractivity contribution in [3.05, 3.63) is 35.4 Å². The molecule has 0 heterocycles. The molecule has 1 aromatic rings. The summed E-state index contributed by atoms with van der Waals surface area (Å²) in [5, 5.41) is 3.02. The molecule has 0 spiro atoms. The van der Waals surface area contributed by atoms with E-state index in [2.05, 4.69) is 57.3 Å². The van der Waals surface area contributed by atoms with Crippen LogP contribution in [0.3, 0.4) is 0 Å². The molecular weight excluding hydrogens is 222 g/mol. The number of nitrogens with one attached hydrogen (secondary N) is 1. The summed E-state index contributed by atoms with van der Waals surface area (Å²) in [6.07, 6.45) is 1.15. The standard InChI is InChI=1S/C16H25NO/c1-6-12(4)14-7-9-15(10-8-14)16(11(2)3)17-13(5)18/h7-12,16H,6H2,1-5H3,(H,17,18). The Morgan fingerprint density at radius 2 is 1.61 bits per heavy atom. The van der Waals surface area contributed by atoms with Crippen LogP contribution in [0.1, 0.15) is 64.1 Å². The van der Waals surface area contributed by atoms with Crippen molar-refractivity contribution in [2.45, 2.75) is 53.0 Å². The maximum Gasteiger partial charge on any atom is 0.217 e. The van der Waals surface area contributed by atoms with Gasteiger partial charge < -0.3 is 5.32 Å². The smallest absolute Gasteiger partial charge is 0.217 e. The molecule has 0 saturated heterocycles. The van der Waals surface area contributed by atoms with Gasteiger partial charge in [-0.2, -0.15) is 0 Å². The lowest BCUT2D eigenvalue weighted by Gasteiger charge is -2.22. The second-order valence-corrected chi connectivity index (χ2v) is 5.40. The Balaban J connectivity index is 2.90. The number of benzene rings is 1. The van der Waals surface area contributed by atoms with E-state index in [1.807, 2.05) is 0 Å². The van der Waals surface area contributed by atoms with Crippen molar-refractivity contribution in [1.82, 2.24) is 5.32 Å². The van der Waals surface area contributed by atoms with Gasteiger partial charge in [0.05, 0.1) is 6.04 Å². The summed E-state index contributed by atoms with van der Waals surface area (Å²) >= 11 is 0. The van der Waals surface area contributed by atoms with Crippen LogP contribution in [0.5, 0.6) is 0 Å². The molecule has 2 heteroatoms. The van der Waals surface area contributed by atoms with Gasteiger partial charge in [0.15, 0.2) is 0 Å². The van der Waals surface area contributed by atoms with Crippen molar-refractivity contribution in [3.8, 4) is 0 Å². The van der Waals surface area contributed by atoms with Crippen molar-refractivity contribution in [2.24, 2.45) is 5.92 Å². The van der Waals surface area contributed by atoms with Gasteiger partial charge >= 0.3 is 0 Å². The van der Waals surface area contributed by atoms with Crippen LogP contribution in [0, 0.1) is 5.92 Å². The maximum absolute atomic E-state index is 11.2. The van der Waals surface area contributed by atoms with E-state index in [-0.39, 0.29) is 11.9 Å². The third kappa shape index (κ3) is 3.86. The van der Waals surface area contributed by atoms with Gasteiger partial charge in [-0.05, 0) is 29.4 Å². The zero-order valence-corrected chi connectivity index (χ0v) is 12.2. The number of amides is 1. The molecule has 2 atom stereocenters. The zero-order valence-electron chi connectivity index (χ0n) is 12.2. The van der Waals surface area contributed by atoms with Crippen LogP contribution < -0.4 is 5.32 Å². The lowest BCUT2D eigenvalue weighted by Crippen LogP contribution is -2.29. The third-order valence-corrected chi connectivity index (χ3v) is 3.50. The molecule has 0 radical (unpaired) electrons. The molecule has 0 aromatic heterocycles. The van der Waals surface area contributed by atoms with Crippen molar-refractivity contribution in [3.63, 3.8) is 0 Å². The Kier molecular flexibility index (Phi) is 5.39. The Morgan fingerprint density at radius 1 is 1.11 bits per heavy atom. The molecule has 2 nitrogen and oxygen atoms in total. The SMILES string of the molecule is CCC(C)c1ccc(C(NC(C)=O)C(C)C)cc1. The first-order valence-electron chi connectivity index (χ1n) is 6.82. The van der Waals surface area contributed by atoms with Gasteiger partial charge in [0, 0.05) is 6.92 Å². The van der Waals surface area contributed by atoms with Gasteiger partial charge in [-0.15, -0.1) is 0 Å². The summed E-state index contributed by atoms with van der Waals surface area (Å²) in [5.41, 5.74) is 2.55. The minimum atomic E-state index is 0.0275. The summed E-state index contributed by atoms with van der Waals surface area (Å²) in [5.74, 6) is 1.01. The third-order valence-electron chi connectivity index (χ3n) is 3.50. The van der Waals surface area contributed by atoms with E-state index in [1.165, 1.54) is 11.1 Å². The molecule has 0 aliphatic carbocycles. The summed E-state index contributed by atoms with van der Waals surface area (Å²) in [7, 11) is 0. The number of carbonyl (C=O) groups is 1. The molecule has 1 rings (SSSR count). The minimum absolute atomic E-state index is 0.0275. The van der Waals surface area contributed by atoms with E-state index in [0.717, 1.165) is 6.42 Å². The quantitative estimate of drug-likeness (QED) is 0.836. The molecule has 1 amide bonds. The van der Waals surface area contributed by atoms with Crippen LogP contribution in [0.15, 0.2) is 24.3 Å². The average molecular weight is 247 g/mol. The normalized spacial score (nSPS) is 14.3. The molecule has 0 aliphatic heterocycles. The molecular formula is C16H25NO. The summed E-state index contributed by atoms with van der Waals surface area (Å²) in [6, 6.07) is 8.75. The highest BCUT2D eigenvalue weighted by atomic mass is 16.1. The second-order valence-electron chi connectivity index (χ2n) is 5.40. The van der Waals surface area contributed by atoms with Crippen LogP contribution in [-0.2, 0) is 4.79 Å². The largest absolute Gasteiger partial charge is 0.349 e. The lowest BCUT2D eigenvalue weighted by molar-refractivity contribution is -0.120. The van der Waals surface area contributed by atoms with Gasteiger partial charge in [-0.25, -0.2) is 0 Å². The van der Waals surface area contributed by atoms with Crippen molar-refractivity contribution >= 4 is 5.91 Å². The highest BCUT2D eigenvalue weighted by Crippen LogP contribution is 2.25. The Hall–Kier alpha value is -1.31. The first kappa shape index (κ1) is 14.7. The van der Waals surface area contributed by atoms with Gasteiger partial charge in [0.2, 0.25) is 5.91 Å². The summed E-state index contributed by atoms with van der Waals surface area (Å²) in [6.45, 7) is 10.3. The fourth-order valence-corrected chi connectivity index (χ4v) is 2.12. The minimum Gasteiger partial charge on any atom is -0.349 e. The zero-order chi connectivity index (χ0) is 13.7. The lowest BCUT2D eigenvalue weighted by atomic mass is 9.92. The van der Waals surface area contributed by atoms with E-state index in [1.54, 1.807) is 6.92 Å². The molecule has 0 bridgehead atoms. The Morgan fingerprint density at radius 3 is 2.00 bits per heavy atom. The van der Waals surface area contributed by atoms with Gasteiger partial charge in [-0.3, -0.25) is 4.79 Å². The highest BCUT2D eigenvalue weighted by Gasteiger charge is 2.16. The fraction of sp³-hybridized carbons (Fsp3) is 0.562. The van der Waals surface area contributed by atoms with Gasteiger partial charge in [-0.1, -0.05) is 52.0 Å². The predicted octanol–water partition coefficient (Wildman–Crippen LogP) is 4.03. The van der Waals surface area contributed by atoms with E-state index in [0.29, 0.717) is 11.8 Å². The fourth-order valence-electron chi connectivity index (χ4n) is 2.12. The van der Waals surface area contributed by atoms with Gasteiger partial charge in [0.1, 0.15) is 0 Å². The molecule has 18 heavy (non-hydrogen) atoms. The molecule has 2 unspecified atom stereocenters. The molecule has 100 valence electrons. The van der Waals surface area contributed by atoms with Crippen LogP contribution in [0.2, 0.25) is 0 Å². The van der Waals surface area contributed by atoms with E-state index in [9.17, 15) is 4.79 Å². The number of carbonyl (C=O) groups excluding carboxylic acids is 1. The molecule has 1 aromatic carbocycles. The van der Waals surface area contributed by atoms with Crippen LogP contribution in [-0.4, -0.2) is 5.91 Å². The van der Waals surface area contributed by atoms with Crippen LogP contribution in [0.4, 0.5) is 0 Å². The highest BCUT2D eigenvalue weighted by molar-refractivity contribution is 5.73. The molecule has 1 N–H and O–H groups in total. The average Bonchev–Trinajstić information content (AvgIpc) is 2.34. The summed E-state index contributed by atoms with van der Waals surface area (Å²) < 4.78 is 0. The number of rotatable bonds is 5. The van der Waals surface area contributed by atoms with Crippen molar-refractivity contribution in [1.29, 1.82) is 0 Å². The monoisotopic (exact) mass is 247 g/mol. The Bertz CT molecular complexity index is 381. The topological polar surface area (TPSA) is 29.1 Å². The predicted molar refractivity (Wildman–Crippen MR) is 76.5 cm³/mol. The van der Waals surface area contributed by atoms with Crippen LogP contribution in [0.25, 0.3) is 0 Å². The van der Waals surface area contributed by atoms with Gasteiger partial charge in [0.25, 0.3) is 0 Å². The summed E-state index contributed by atoms with van der Waals surface area (Å²) in [4.78, 5) is 11.2. The van der Waals surface area contributed by atoms with E-state index < -0.39 is 0 Å². The Labute approximate surface area is 111 Å². The van der Waals surface area contributed by atoms with E-state index in [4.69, 9.17) is 0 Å².